The average Bonchev–Trinajstić information content (AvgIpc) is 2.46. The monoisotopic (exact) mass is 264 g/mol. The van der Waals surface area contributed by atoms with Gasteiger partial charge in [0, 0.05) is 6.04 Å². The van der Waals surface area contributed by atoms with E-state index in [-0.39, 0.29) is 12.1 Å². The molecule has 2 aliphatic carbocycles. The molecule has 0 saturated heterocycles. The smallest absolute Gasteiger partial charge is 0.424 e. The zero-order valence-electron chi connectivity index (χ0n) is 11.8. The Morgan fingerprint density at radius 1 is 1.21 bits per heavy atom. The molecule has 0 spiro atoms. The normalized spacial score (nSPS) is 30.7. The molecule has 4 nitrogen and oxygen atoms in total. The topological polar surface area (TPSA) is 41.6 Å². The van der Waals surface area contributed by atoms with Gasteiger partial charge in [-0.1, -0.05) is 18.4 Å². The van der Waals surface area contributed by atoms with Crippen molar-refractivity contribution in [1.29, 1.82) is 0 Å². The number of ether oxygens (including phenoxy) is 1. The fourth-order valence-electron chi connectivity index (χ4n) is 3.82. The molecule has 0 bridgehead atoms. The lowest BCUT2D eigenvalue weighted by Crippen LogP contribution is -2.59. The third kappa shape index (κ3) is 2.38. The second-order valence-electron chi connectivity index (χ2n) is 5.81. The molecular weight excluding hydrogens is 240 g/mol. The standard InChI is InChI=1S/C15H24N2O2/c1-2-19-15(18)17-14-10-6-4-8-12(14)11-7-3-5-9-13(11)16-17/h13-14,16H,2-10H2,1H3. The number of fused-ring (bicyclic) bond motifs is 2. The number of hydrogen-bond acceptors (Lipinski definition) is 3. The van der Waals surface area contributed by atoms with Crippen LogP contribution in [0.25, 0.3) is 0 Å². The number of rotatable bonds is 1. The van der Waals surface area contributed by atoms with Gasteiger partial charge in [-0.3, -0.25) is 0 Å². The summed E-state index contributed by atoms with van der Waals surface area (Å²) in [7, 11) is 0. The van der Waals surface area contributed by atoms with Gasteiger partial charge < -0.3 is 4.74 Å². The zero-order valence-corrected chi connectivity index (χ0v) is 11.8. The molecule has 4 heteroatoms. The molecule has 2 atom stereocenters. The minimum Gasteiger partial charge on any atom is -0.449 e. The quantitative estimate of drug-likeness (QED) is 0.740. The third-order valence-corrected chi connectivity index (χ3v) is 4.67. The van der Waals surface area contributed by atoms with E-state index in [1.165, 1.54) is 38.5 Å². The molecule has 1 heterocycles. The molecule has 19 heavy (non-hydrogen) atoms. The van der Waals surface area contributed by atoms with Gasteiger partial charge in [-0.25, -0.2) is 15.2 Å². The molecule has 1 N–H and O–H groups in total. The van der Waals surface area contributed by atoms with E-state index in [0.29, 0.717) is 12.6 Å². The van der Waals surface area contributed by atoms with Gasteiger partial charge >= 0.3 is 6.09 Å². The van der Waals surface area contributed by atoms with E-state index in [0.717, 1.165) is 12.8 Å². The van der Waals surface area contributed by atoms with Crippen molar-refractivity contribution in [3.05, 3.63) is 11.1 Å². The van der Waals surface area contributed by atoms with E-state index in [4.69, 9.17) is 4.74 Å². The molecular formula is C15H24N2O2. The summed E-state index contributed by atoms with van der Waals surface area (Å²) >= 11 is 0. The van der Waals surface area contributed by atoms with Crippen molar-refractivity contribution < 1.29 is 9.53 Å². The van der Waals surface area contributed by atoms with Crippen molar-refractivity contribution >= 4 is 6.09 Å². The van der Waals surface area contributed by atoms with Crippen LogP contribution in [0.1, 0.15) is 58.3 Å². The molecule has 0 aromatic rings. The van der Waals surface area contributed by atoms with Crippen LogP contribution in [-0.4, -0.2) is 29.8 Å². The molecule has 2 unspecified atom stereocenters. The number of hydrogen-bond donors (Lipinski definition) is 1. The summed E-state index contributed by atoms with van der Waals surface area (Å²) in [5, 5.41) is 1.79. The lowest BCUT2D eigenvalue weighted by molar-refractivity contribution is 0.0487. The van der Waals surface area contributed by atoms with Crippen LogP contribution in [0, 0.1) is 0 Å². The second kappa shape index (κ2) is 5.53. The SMILES string of the molecule is CCOC(=O)N1NC2CCCCC2=C2CCCCC21. The Bertz CT molecular complexity index is 392. The first-order valence-electron chi connectivity index (χ1n) is 7.75. The van der Waals surface area contributed by atoms with Gasteiger partial charge in [-0.05, 0) is 51.0 Å². The molecule has 0 radical (unpaired) electrons. The van der Waals surface area contributed by atoms with Crippen LogP contribution in [0.5, 0.6) is 0 Å². The highest BCUT2D eigenvalue weighted by Gasteiger charge is 2.39. The van der Waals surface area contributed by atoms with Gasteiger partial charge in [0.15, 0.2) is 0 Å². The molecule has 3 rings (SSSR count). The first-order chi connectivity index (χ1) is 9.31. The predicted octanol–water partition coefficient (Wildman–Crippen LogP) is 3.14. The number of nitrogens with zero attached hydrogens (tertiary/aromatic N) is 1. The maximum absolute atomic E-state index is 12.1. The third-order valence-electron chi connectivity index (χ3n) is 4.67. The molecule has 1 aliphatic heterocycles. The van der Waals surface area contributed by atoms with E-state index in [1.54, 1.807) is 16.2 Å². The van der Waals surface area contributed by atoms with E-state index in [2.05, 4.69) is 5.43 Å². The molecule has 0 aromatic carbocycles. The molecule has 2 fully saturated rings. The van der Waals surface area contributed by atoms with E-state index >= 15 is 0 Å². The number of amides is 1. The van der Waals surface area contributed by atoms with Crippen molar-refractivity contribution in [1.82, 2.24) is 10.4 Å². The summed E-state index contributed by atoms with van der Waals surface area (Å²) in [5.41, 5.74) is 6.59. The maximum atomic E-state index is 12.1. The van der Waals surface area contributed by atoms with Crippen LogP contribution in [0.2, 0.25) is 0 Å². The van der Waals surface area contributed by atoms with Crippen LogP contribution in [0.15, 0.2) is 11.1 Å². The molecule has 2 saturated carbocycles. The maximum Gasteiger partial charge on any atom is 0.424 e. The van der Waals surface area contributed by atoms with Gasteiger partial charge in [-0.15, -0.1) is 0 Å². The highest BCUT2D eigenvalue weighted by atomic mass is 16.6. The molecule has 106 valence electrons. The Morgan fingerprint density at radius 2 is 1.95 bits per heavy atom. The molecule has 1 amide bonds. The van der Waals surface area contributed by atoms with Crippen molar-refractivity contribution in [3.8, 4) is 0 Å². The summed E-state index contributed by atoms with van der Waals surface area (Å²) in [6.45, 7) is 2.31. The summed E-state index contributed by atoms with van der Waals surface area (Å²) < 4.78 is 5.21. The van der Waals surface area contributed by atoms with Gasteiger partial charge in [0.05, 0.1) is 12.6 Å². The summed E-state index contributed by atoms with van der Waals surface area (Å²) in [5.74, 6) is 0. The highest BCUT2D eigenvalue weighted by Crippen LogP contribution is 2.39. The number of hydrazine groups is 1. The molecule has 0 aromatic heterocycles. The molecule has 3 aliphatic rings. The van der Waals surface area contributed by atoms with Gasteiger partial charge in [-0.2, -0.15) is 0 Å². The van der Waals surface area contributed by atoms with Crippen LogP contribution in [0.4, 0.5) is 4.79 Å². The average molecular weight is 264 g/mol. The number of carbonyl (C=O) groups is 1. The Morgan fingerprint density at radius 3 is 2.74 bits per heavy atom. The van der Waals surface area contributed by atoms with Crippen molar-refractivity contribution in [2.24, 2.45) is 0 Å². The van der Waals surface area contributed by atoms with Crippen LogP contribution < -0.4 is 5.43 Å². The first kappa shape index (κ1) is 13.0. The highest BCUT2D eigenvalue weighted by molar-refractivity contribution is 5.68. The summed E-state index contributed by atoms with van der Waals surface area (Å²) in [4.78, 5) is 12.1. The van der Waals surface area contributed by atoms with Crippen molar-refractivity contribution in [2.75, 3.05) is 6.61 Å². The van der Waals surface area contributed by atoms with Crippen LogP contribution in [-0.2, 0) is 4.74 Å². The van der Waals surface area contributed by atoms with Gasteiger partial charge in [0.25, 0.3) is 0 Å². The lowest BCUT2D eigenvalue weighted by atomic mass is 9.77. The van der Waals surface area contributed by atoms with Gasteiger partial charge in [0.1, 0.15) is 0 Å². The summed E-state index contributed by atoms with van der Waals surface area (Å²) in [6, 6.07) is 0.625. The Balaban J connectivity index is 1.88. The van der Waals surface area contributed by atoms with E-state index in [1.807, 2.05) is 6.92 Å². The number of nitrogens with one attached hydrogen (secondary N) is 1. The number of carbonyl (C=O) groups excluding carboxylic acids is 1. The Kier molecular flexibility index (Phi) is 3.78. The Hall–Kier alpha value is -1.03. The fraction of sp³-hybridized carbons (Fsp3) is 0.800. The predicted molar refractivity (Wildman–Crippen MR) is 73.5 cm³/mol. The van der Waals surface area contributed by atoms with Gasteiger partial charge in [0.2, 0.25) is 0 Å². The summed E-state index contributed by atoms with van der Waals surface area (Å²) in [6.07, 6.45) is 9.49. The minimum atomic E-state index is -0.198. The minimum absolute atomic E-state index is 0.198. The largest absolute Gasteiger partial charge is 0.449 e. The van der Waals surface area contributed by atoms with E-state index in [9.17, 15) is 4.79 Å². The second-order valence-corrected chi connectivity index (χ2v) is 5.81. The first-order valence-corrected chi connectivity index (χ1v) is 7.75. The van der Waals surface area contributed by atoms with Crippen LogP contribution in [0.3, 0.4) is 0 Å². The zero-order chi connectivity index (χ0) is 13.2. The lowest BCUT2D eigenvalue weighted by Gasteiger charge is -2.46. The fourth-order valence-corrected chi connectivity index (χ4v) is 3.82. The van der Waals surface area contributed by atoms with Crippen LogP contribution >= 0.6 is 0 Å². The van der Waals surface area contributed by atoms with Crippen molar-refractivity contribution in [2.45, 2.75) is 70.4 Å². The van der Waals surface area contributed by atoms with Crippen molar-refractivity contribution in [3.63, 3.8) is 0 Å². The Labute approximate surface area is 115 Å². The van der Waals surface area contributed by atoms with E-state index < -0.39 is 0 Å².